The van der Waals surface area contributed by atoms with Gasteiger partial charge in [-0.3, -0.25) is 0 Å². The van der Waals surface area contributed by atoms with E-state index in [-0.39, 0.29) is 17.7 Å². The minimum absolute atomic E-state index is 0.174. The lowest BCUT2D eigenvalue weighted by molar-refractivity contribution is 0.0194. The molecule has 5 heteroatoms. The van der Waals surface area contributed by atoms with Crippen LogP contribution < -0.4 is 0 Å². The largest absolute Gasteiger partial charge is 0.478 e. The van der Waals surface area contributed by atoms with Crippen LogP contribution in [0.3, 0.4) is 0 Å². The zero-order chi connectivity index (χ0) is 12.2. The second-order valence-corrected chi connectivity index (χ2v) is 4.67. The number of thioether (sulfide) groups is 1. The number of rotatable bonds is 5. The number of carboxylic acid groups (broad SMARTS) is 1. The molecule has 0 aliphatic heterocycles. The maximum atomic E-state index is 12.5. The first-order chi connectivity index (χ1) is 7.38. The minimum Gasteiger partial charge on any atom is -0.478 e. The van der Waals surface area contributed by atoms with E-state index in [1.165, 1.54) is 23.9 Å². The van der Waals surface area contributed by atoms with Crippen LogP contribution in [0, 0.1) is 0 Å². The Morgan fingerprint density at radius 1 is 1.50 bits per heavy atom. The van der Waals surface area contributed by atoms with Crippen molar-refractivity contribution in [2.75, 3.05) is 5.75 Å². The maximum Gasteiger partial charge on any atom is 0.335 e. The summed E-state index contributed by atoms with van der Waals surface area (Å²) in [6.07, 6.45) is -0.213. The van der Waals surface area contributed by atoms with Gasteiger partial charge in [-0.25, -0.2) is 13.6 Å². The van der Waals surface area contributed by atoms with Gasteiger partial charge in [0.1, 0.15) is 0 Å². The third-order valence-electron chi connectivity index (χ3n) is 1.89. The van der Waals surface area contributed by atoms with Crippen LogP contribution in [0.4, 0.5) is 8.78 Å². The monoisotopic (exact) mass is 246 g/mol. The van der Waals surface area contributed by atoms with Crippen molar-refractivity contribution in [2.45, 2.75) is 24.2 Å². The van der Waals surface area contributed by atoms with Crippen LogP contribution in [0.25, 0.3) is 0 Å². The highest BCUT2D eigenvalue weighted by Gasteiger charge is 2.20. The number of carboxylic acids is 1. The molecule has 0 spiro atoms. The summed E-state index contributed by atoms with van der Waals surface area (Å²) in [5, 5.41) is 8.73. The van der Waals surface area contributed by atoms with Crippen molar-refractivity contribution in [3.05, 3.63) is 29.8 Å². The Morgan fingerprint density at radius 2 is 2.19 bits per heavy atom. The van der Waals surface area contributed by atoms with Crippen molar-refractivity contribution >= 4 is 17.7 Å². The first kappa shape index (κ1) is 13.0. The Labute approximate surface area is 96.7 Å². The third kappa shape index (κ3) is 4.61. The quantitative estimate of drug-likeness (QED) is 0.808. The zero-order valence-electron chi connectivity index (χ0n) is 8.74. The molecule has 0 aromatic heterocycles. The van der Waals surface area contributed by atoms with Crippen molar-refractivity contribution in [3.8, 4) is 0 Å². The van der Waals surface area contributed by atoms with Gasteiger partial charge in [0.15, 0.2) is 0 Å². The second-order valence-electron chi connectivity index (χ2n) is 3.50. The molecule has 0 fully saturated rings. The Bertz CT molecular complexity index is 374. The molecule has 0 bridgehead atoms. The highest BCUT2D eigenvalue weighted by atomic mass is 32.2. The van der Waals surface area contributed by atoms with Crippen LogP contribution in [0.5, 0.6) is 0 Å². The normalized spacial score (nSPS) is 11.4. The Balaban J connectivity index is 2.55. The van der Waals surface area contributed by atoms with Crippen LogP contribution in [-0.4, -0.2) is 22.8 Å². The summed E-state index contributed by atoms with van der Waals surface area (Å²) < 4.78 is 25.1. The third-order valence-corrected chi connectivity index (χ3v) is 2.89. The summed E-state index contributed by atoms with van der Waals surface area (Å²) in [5.41, 5.74) is 0.174. The van der Waals surface area contributed by atoms with Crippen molar-refractivity contribution in [1.29, 1.82) is 0 Å². The van der Waals surface area contributed by atoms with E-state index in [9.17, 15) is 13.6 Å². The molecular formula is C11H12F2O2S. The number of aromatic carboxylic acids is 1. The molecule has 2 nitrogen and oxygen atoms in total. The Kier molecular flexibility index (Phi) is 4.29. The molecule has 1 rings (SSSR count). The Hall–Kier alpha value is -1.10. The van der Waals surface area contributed by atoms with Crippen LogP contribution in [0.1, 0.15) is 23.7 Å². The SMILES string of the molecule is CC(F)(F)CCSc1cccc(C(=O)O)c1. The van der Waals surface area contributed by atoms with Gasteiger partial charge in [0.05, 0.1) is 5.56 Å². The number of hydrogen-bond donors (Lipinski definition) is 1. The first-order valence-corrected chi connectivity index (χ1v) is 5.71. The fraction of sp³-hybridized carbons (Fsp3) is 0.364. The second kappa shape index (κ2) is 5.30. The van der Waals surface area contributed by atoms with Gasteiger partial charge in [-0.2, -0.15) is 0 Å². The van der Waals surface area contributed by atoms with Gasteiger partial charge >= 0.3 is 5.97 Å². The summed E-state index contributed by atoms with van der Waals surface area (Å²) in [6, 6.07) is 6.28. The average molecular weight is 246 g/mol. The van der Waals surface area contributed by atoms with E-state index >= 15 is 0 Å². The molecule has 0 radical (unpaired) electrons. The molecule has 1 aromatic rings. The lowest BCUT2D eigenvalue weighted by Gasteiger charge is -2.09. The van der Waals surface area contributed by atoms with Gasteiger partial charge in [-0.1, -0.05) is 6.07 Å². The average Bonchev–Trinajstić information content (AvgIpc) is 2.16. The summed E-state index contributed by atoms with van der Waals surface area (Å²) in [5.74, 6) is -3.41. The summed E-state index contributed by atoms with van der Waals surface area (Å²) in [6.45, 7) is 0.876. The van der Waals surface area contributed by atoms with Crippen molar-refractivity contribution in [2.24, 2.45) is 0 Å². The van der Waals surface area contributed by atoms with Crippen LogP contribution in [0.15, 0.2) is 29.2 Å². The summed E-state index contributed by atoms with van der Waals surface area (Å²) >= 11 is 1.24. The molecule has 0 aliphatic carbocycles. The molecule has 0 unspecified atom stereocenters. The van der Waals surface area contributed by atoms with E-state index in [2.05, 4.69) is 0 Å². The highest BCUT2D eigenvalue weighted by Crippen LogP contribution is 2.25. The fourth-order valence-corrected chi connectivity index (χ4v) is 2.15. The first-order valence-electron chi connectivity index (χ1n) is 4.72. The fourth-order valence-electron chi connectivity index (χ4n) is 1.07. The standard InChI is InChI=1S/C11H12F2O2S/c1-11(12,13)5-6-16-9-4-2-3-8(7-9)10(14)15/h2-4,7H,5-6H2,1H3,(H,14,15). The predicted octanol–water partition coefficient (Wildman–Crippen LogP) is 3.52. The van der Waals surface area contributed by atoms with Crippen molar-refractivity contribution in [1.82, 2.24) is 0 Å². The molecule has 0 atom stereocenters. The van der Waals surface area contributed by atoms with Gasteiger partial charge in [0, 0.05) is 17.1 Å². The molecule has 0 heterocycles. The van der Waals surface area contributed by atoms with Crippen molar-refractivity contribution < 1.29 is 18.7 Å². The topological polar surface area (TPSA) is 37.3 Å². The molecule has 16 heavy (non-hydrogen) atoms. The number of alkyl halides is 2. The smallest absolute Gasteiger partial charge is 0.335 e. The van der Waals surface area contributed by atoms with Crippen molar-refractivity contribution in [3.63, 3.8) is 0 Å². The van der Waals surface area contributed by atoms with E-state index in [0.29, 0.717) is 4.90 Å². The predicted molar refractivity (Wildman–Crippen MR) is 59.4 cm³/mol. The molecule has 0 saturated heterocycles. The molecule has 0 saturated carbocycles. The number of carbonyl (C=O) groups is 1. The molecule has 0 aliphatic rings. The summed E-state index contributed by atoms with van der Waals surface area (Å²) in [7, 11) is 0. The van der Waals surface area contributed by atoms with E-state index in [0.717, 1.165) is 6.92 Å². The zero-order valence-corrected chi connectivity index (χ0v) is 9.56. The minimum atomic E-state index is -2.67. The molecule has 88 valence electrons. The lowest BCUT2D eigenvalue weighted by atomic mass is 10.2. The lowest BCUT2D eigenvalue weighted by Crippen LogP contribution is -2.10. The molecular weight excluding hydrogens is 234 g/mol. The van der Waals surface area contributed by atoms with E-state index in [4.69, 9.17) is 5.11 Å². The number of hydrogen-bond acceptors (Lipinski definition) is 2. The van der Waals surface area contributed by atoms with Crippen LogP contribution >= 0.6 is 11.8 Å². The van der Waals surface area contributed by atoms with E-state index < -0.39 is 11.9 Å². The van der Waals surface area contributed by atoms with Gasteiger partial charge in [-0.05, 0) is 25.1 Å². The van der Waals surface area contributed by atoms with Crippen LogP contribution in [-0.2, 0) is 0 Å². The molecule has 1 aromatic carbocycles. The summed E-state index contributed by atoms with van der Waals surface area (Å²) in [4.78, 5) is 11.4. The number of halogens is 2. The molecule has 0 amide bonds. The van der Waals surface area contributed by atoms with Gasteiger partial charge in [-0.15, -0.1) is 11.8 Å². The number of benzene rings is 1. The van der Waals surface area contributed by atoms with E-state index in [1.807, 2.05) is 0 Å². The van der Waals surface area contributed by atoms with Crippen LogP contribution in [0.2, 0.25) is 0 Å². The highest BCUT2D eigenvalue weighted by molar-refractivity contribution is 7.99. The van der Waals surface area contributed by atoms with Gasteiger partial charge in [0.2, 0.25) is 5.92 Å². The van der Waals surface area contributed by atoms with Gasteiger partial charge in [0.25, 0.3) is 0 Å². The maximum absolute atomic E-state index is 12.5. The molecule has 1 N–H and O–H groups in total. The Morgan fingerprint density at radius 3 is 2.75 bits per heavy atom. The van der Waals surface area contributed by atoms with E-state index in [1.54, 1.807) is 12.1 Å². The van der Waals surface area contributed by atoms with Gasteiger partial charge < -0.3 is 5.11 Å².